The Bertz CT molecular complexity index is 279. The number of likely N-dealkylation sites (N-methyl/N-ethyl adjacent to an activating group) is 1. The van der Waals surface area contributed by atoms with Gasteiger partial charge in [-0.3, -0.25) is 0 Å². The fraction of sp³-hybridized carbons (Fsp3) is 1.00. The second kappa shape index (κ2) is 10.7. The van der Waals surface area contributed by atoms with Gasteiger partial charge in [-0.05, 0) is 19.5 Å². The molecular weight excluding hydrogens is 254 g/mol. The highest BCUT2D eigenvalue weighted by molar-refractivity contribution is 7.87. The SMILES string of the molecule is CCCNS(=O)(=O)NCCOCCN(CC)CC. The van der Waals surface area contributed by atoms with Crippen molar-refractivity contribution in [2.24, 2.45) is 0 Å². The first-order valence-corrected chi connectivity index (χ1v) is 8.08. The average Bonchev–Trinajstić information content (AvgIpc) is 2.36. The third kappa shape index (κ3) is 9.78. The van der Waals surface area contributed by atoms with Crippen LogP contribution < -0.4 is 9.44 Å². The molecule has 110 valence electrons. The van der Waals surface area contributed by atoms with Gasteiger partial charge in [0.15, 0.2) is 0 Å². The Labute approximate surface area is 111 Å². The zero-order valence-electron chi connectivity index (χ0n) is 11.7. The second-order valence-electron chi connectivity index (χ2n) is 3.93. The zero-order valence-corrected chi connectivity index (χ0v) is 12.6. The van der Waals surface area contributed by atoms with Gasteiger partial charge >= 0.3 is 0 Å². The lowest BCUT2D eigenvalue weighted by Crippen LogP contribution is -2.38. The molecule has 0 spiro atoms. The van der Waals surface area contributed by atoms with E-state index in [9.17, 15) is 8.42 Å². The quantitative estimate of drug-likeness (QED) is 0.501. The van der Waals surface area contributed by atoms with E-state index in [1.807, 2.05) is 6.92 Å². The van der Waals surface area contributed by atoms with Gasteiger partial charge in [0.05, 0.1) is 13.2 Å². The maximum Gasteiger partial charge on any atom is 0.276 e. The molecule has 0 aromatic heterocycles. The maximum atomic E-state index is 11.3. The average molecular weight is 281 g/mol. The zero-order chi connectivity index (χ0) is 13.9. The van der Waals surface area contributed by atoms with Crippen molar-refractivity contribution in [3.05, 3.63) is 0 Å². The summed E-state index contributed by atoms with van der Waals surface area (Å²) in [5.41, 5.74) is 0. The topological polar surface area (TPSA) is 70.7 Å². The predicted octanol–water partition coefficient (Wildman–Crippen LogP) is 0.179. The summed E-state index contributed by atoms with van der Waals surface area (Å²) in [6.45, 7) is 10.8. The van der Waals surface area contributed by atoms with Gasteiger partial charge in [0.2, 0.25) is 0 Å². The highest BCUT2D eigenvalue weighted by Gasteiger charge is 2.06. The molecule has 0 fully saturated rings. The van der Waals surface area contributed by atoms with E-state index in [-0.39, 0.29) is 0 Å². The first-order chi connectivity index (χ1) is 8.55. The molecule has 0 aliphatic carbocycles. The highest BCUT2D eigenvalue weighted by atomic mass is 32.2. The Morgan fingerprint density at radius 1 is 1.00 bits per heavy atom. The van der Waals surface area contributed by atoms with Gasteiger partial charge in [0, 0.05) is 19.6 Å². The molecule has 0 unspecified atom stereocenters. The number of ether oxygens (including phenoxy) is 1. The molecule has 0 aliphatic rings. The van der Waals surface area contributed by atoms with Crippen LogP contribution in [0.4, 0.5) is 0 Å². The van der Waals surface area contributed by atoms with E-state index in [4.69, 9.17) is 4.74 Å². The van der Waals surface area contributed by atoms with Crippen LogP contribution in [0.5, 0.6) is 0 Å². The van der Waals surface area contributed by atoms with Crippen molar-refractivity contribution in [2.75, 3.05) is 45.9 Å². The lowest BCUT2D eigenvalue weighted by atomic mass is 10.5. The monoisotopic (exact) mass is 281 g/mol. The van der Waals surface area contributed by atoms with E-state index in [1.165, 1.54) is 0 Å². The molecule has 0 aromatic carbocycles. The van der Waals surface area contributed by atoms with Crippen LogP contribution in [0.1, 0.15) is 27.2 Å². The van der Waals surface area contributed by atoms with E-state index in [1.54, 1.807) is 0 Å². The molecule has 0 heterocycles. The van der Waals surface area contributed by atoms with Crippen molar-refractivity contribution in [1.82, 2.24) is 14.3 Å². The molecular formula is C11H27N3O3S. The van der Waals surface area contributed by atoms with E-state index >= 15 is 0 Å². The fourth-order valence-corrected chi connectivity index (χ4v) is 2.30. The normalized spacial score (nSPS) is 12.2. The molecule has 18 heavy (non-hydrogen) atoms. The van der Waals surface area contributed by atoms with Crippen molar-refractivity contribution < 1.29 is 13.2 Å². The first-order valence-electron chi connectivity index (χ1n) is 6.60. The molecule has 0 saturated carbocycles. The molecule has 0 radical (unpaired) electrons. The van der Waals surface area contributed by atoms with E-state index in [0.717, 1.165) is 26.1 Å². The van der Waals surface area contributed by atoms with Crippen LogP contribution in [0.15, 0.2) is 0 Å². The van der Waals surface area contributed by atoms with Gasteiger partial charge in [-0.2, -0.15) is 13.1 Å². The van der Waals surface area contributed by atoms with Crippen molar-refractivity contribution >= 4 is 10.2 Å². The van der Waals surface area contributed by atoms with E-state index in [0.29, 0.717) is 26.3 Å². The summed E-state index contributed by atoms with van der Waals surface area (Å²) >= 11 is 0. The Hall–Kier alpha value is -0.210. The molecule has 0 aromatic rings. The summed E-state index contributed by atoms with van der Waals surface area (Å²) in [7, 11) is -3.35. The van der Waals surface area contributed by atoms with Crippen molar-refractivity contribution in [2.45, 2.75) is 27.2 Å². The Morgan fingerprint density at radius 2 is 1.61 bits per heavy atom. The fourth-order valence-electron chi connectivity index (χ4n) is 1.37. The molecule has 6 nitrogen and oxygen atoms in total. The highest BCUT2D eigenvalue weighted by Crippen LogP contribution is 1.87. The summed E-state index contributed by atoms with van der Waals surface area (Å²) < 4.78 is 32.9. The van der Waals surface area contributed by atoms with Gasteiger partial charge in [-0.1, -0.05) is 20.8 Å². The number of nitrogens with one attached hydrogen (secondary N) is 2. The second-order valence-corrected chi connectivity index (χ2v) is 5.52. The van der Waals surface area contributed by atoms with Gasteiger partial charge in [0.1, 0.15) is 0 Å². The number of rotatable bonds is 12. The number of nitrogens with zero attached hydrogens (tertiary/aromatic N) is 1. The number of hydrogen-bond acceptors (Lipinski definition) is 4. The molecule has 2 N–H and O–H groups in total. The number of hydrogen-bond donors (Lipinski definition) is 2. The third-order valence-corrected chi connectivity index (χ3v) is 3.70. The molecule has 0 saturated heterocycles. The molecule has 0 amide bonds. The smallest absolute Gasteiger partial charge is 0.276 e. The standard InChI is InChI=1S/C11H27N3O3S/c1-4-7-12-18(15,16)13-8-10-17-11-9-14(5-2)6-3/h12-13H,4-11H2,1-3H3. The van der Waals surface area contributed by atoms with Gasteiger partial charge in [-0.25, -0.2) is 4.72 Å². The van der Waals surface area contributed by atoms with Crippen molar-refractivity contribution in [3.8, 4) is 0 Å². The molecule has 0 atom stereocenters. The Kier molecular flexibility index (Phi) is 10.6. The van der Waals surface area contributed by atoms with E-state index < -0.39 is 10.2 Å². The summed E-state index contributed by atoms with van der Waals surface area (Å²) in [5, 5.41) is 0. The van der Waals surface area contributed by atoms with E-state index in [2.05, 4.69) is 28.2 Å². The molecule has 0 aliphatic heterocycles. The summed E-state index contributed by atoms with van der Waals surface area (Å²) in [4.78, 5) is 2.26. The van der Waals surface area contributed by atoms with Gasteiger partial charge in [0.25, 0.3) is 10.2 Å². The van der Waals surface area contributed by atoms with Crippen LogP contribution in [0.3, 0.4) is 0 Å². The lowest BCUT2D eigenvalue weighted by Gasteiger charge is -2.17. The van der Waals surface area contributed by atoms with Crippen LogP contribution in [0.2, 0.25) is 0 Å². The summed E-state index contributed by atoms with van der Waals surface area (Å²) in [5.74, 6) is 0. The van der Waals surface area contributed by atoms with Crippen LogP contribution >= 0.6 is 0 Å². The van der Waals surface area contributed by atoms with Crippen molar-refractivity contribution in [1.29, 1.82) is 0 Å². The van der Waals surface area contributed by atoms with Crippen molar-refractivity contribution in [3.63, 3.8) is 0 Å². The van der Waals surface area contributed by atoms with Gasteiger partial charge in [-0.15, -0.1) is 0 Å². The minimum Gasteiger partial charge on any atom is -0.379 e. The summed E-state index contributed by atoms with van der Waals surface area (Å²) in [6.07, 6.45) is 0.779. The van der Waals surface area contributed by atoms with Crippen LogP contribution in [-0.2, 0) is 14.9 Å². The minimum absolute atomic E-state index is 0.303. The molecule has 0 bridgehead atoms. The minimum atomic E-state index is -3.35. The Morgan fingerprint density at radius 3 is 2.17 bits per heavy atom. The largest absolute Gasteiger partial charge is 0.379 e. The Balaban J connectivity index is 3.50. The van der Waals surface area contributed by atoms with Gasteiger partial charge < -0.3 is 9.64 Å². The van der Waals surface area contributed by atoms with Crippen LogP contribution in [0.25, 0.3) is 0 Å². The predicted molar refractivity (Wildman–Crippen MR) is 73.8 cm³/mol. The maximum absolute atomic E-state index is 11.3. The van der Waals surface area contributed by atoms with Crippen LogP contribution in [0, 0.1) is 0 Å². The first kappa shape index (κ1) is 17.8. The third-order valence-electron chi connectivity index (χ3n) is 2.53. The molecule has 7 heteroatoms. The van der Waals surface area contributed by atoms with Crippen LogP contribution in [-0.4, -0.2) is 59.3 Å². The lowest BCUT2D eigenvalue weighted by molar-refractivity contribution is 0.111. The summed E-state index contributed by atoms with van der Waals surface area (Å²) in [6, 6.07) is 0. The molecule has 0 rings (SSSR count).